The number of nitrogens with zero attached hydrogens (tertiary/aromatic N) is 2. The highest BCUT2D eigenvalue weighted by molar-refractivity contribution is 5.92. The number of halogens is 3. The number of carbonyl (C=O) groups is 1. The van der Waals surface area contributed by atoms with E-state index < -0.39 is 29.8 Å². The van der Waals surface area contributed by atoms with Crippen molar-refractivity contribution in [3.8, 4) is 5.88 Å². The van der Waals surface area contributed by atoms with Gasteiger partial charge >= 0.3 is 6.18 Å². The van der Waals surface area contributed by atoms with Crippen molar-refractivity contribution in [1.82, 2.24) is 10.1 Å². The number of β-amino-alcohol motifs (C(OH)–C–C–N with tert-alkyl or cyclic N) is 1. The molecule has 2 aromatic rings. The highest BCUT2D eigenvalue weighted by Gasteiger charge is 2.38. The minimum atomic E-state index is -4.49. The van der Waals surface area contributed by atoms with Crippen molar-refractivity contribution >= 4 is 5.91 Å². The summed E-state index contributed by atoms with van der Waals surface area (Å²) in [5, 5.41) is 13.5. The first-order valence-corrected chi connectivity index (χ1v) is 7.46. The molecular weight excluding hydrogens is 341 g/mol. The van der Waals surface area contributed by atoms with Crippen LogP contribution in [0.1, 0.15) is 34.1 Å². The Kier molecular flexibility index (Phi) is 4.42. The second kappa shape index (κ2) is 6.40. The Morgan fingerprint density at radius 2 is 2.16 bits per heavy atom. The average molecular weight is 356 g/mol. The first-order valence-electron chi connectivity index (χ1n) is 7.46. The summed E-state index contributed by atoms with van der Waals surface area (Å²) in [6.45, 7) is -0.0111. The van der Waals surface area contributed by atoms with Gasteiger partial charge in [0.25, 0.3) is 11.8 Å². The second-order valence-electron chi connectivity index (χ2n) is 5.72. The highest BCUT2D eigenvalue weighted by atomic mass is 19.4. The Morgan fingerprint density at radius 1 is 1.40 bits per heavy atom. The van der Waals surface area contributed by atoms with Crippen molar-refractivity contribution in [3.63, 3.8) is 0 Å². The van der Waals surface area contributed by atoms with E-state index >= 15 is 0 Å². The van der Waals surface area contributed by atoms with E-state index in [1.807, 2.05) is 0 Å². The monoisotopic (exact) mass is 356 g/mol. The zero-order valence-electron chi connectivity index (χ0n) is 13.2. The van der Waals surface area contributed by atoms with Gasteiger partial charge in [-0.1, -0.05) is 12.1 Å². The van der Waals surface area contributed by atoms with Crippen molar-refractivity contribution in [2.45, 2.75) is 24.7 Å². The molecular formula is C16H15F3N2O4. The van der Waals surface area contributed by atoms with Crippen LogP contribution in [0.4, 0.5) is 13.2 Å². The Balaban J connectivity index is 1.90. The third kappa shape index (κ3) is 3.46. The molecule has 134 valence electrons. The fraction of sp³-hybridized carbons (Fsp3) is 0.375. The lowest BCUT2D eigenvalue weighted by Crippen LogP contribution is -2.31. The summed E-state index contributed by atoms with van der Waals surface area (Å²) in [7, 11) is 1.36. The van der Waals surface area contributed by atoms with E-state index in [2.05, 4.69) is 5.16 Å². The summed E-state index contributed by atoms with van der Waals surface area (Å²) in [5.41, 5.74) is -0.508. The molecule has 1 N–H and O–H groups in total. The molecule has 25 heavy (non-hydrogen) atoms. The standard InChI is InChI=1S/C16H15F3N2O4/c1-24-14-7-13(25-20-14)15(23)21-8-11(22)6-12(21)9-3-2-4-10(5-9)16(17,18)19/h2-5,7,11-12,22H,6,8H2,1H3/t11-,12+/m1/s1. The van der Waals surface area contributed by atoms with Gasteiger partial charge in [0.2, 0.25) is 5.76 Å². The van der Waals surface area contributed by atoms with E-state index in [0.717, 1.165) is 12.1 Å². The van der Waals surface area contributed by atoms with E-state index in [0.29, 0.717) is 5.56 Å². The molecule has 0 unspecified atom stereocenters. The van der Waals surface area contributed by atoms with Crippen LogP contribution in [-0.4, -0.2) is 40.8 Å². The fourth-order valence-electron chi connectivity index (χ4n) is 2.87. The second-order valence-corrected chi connectivity index (χ2v) is 5.72. The summed E-state index contributed by atoms with van der Waals surface area (Å²) >= 11 is 0. The number of hydrogen-bond acceptors (Lipinski definition) is 5. The highest BCUT2D eigenvalue weighted by Crippen LogP contribution is 2.37. The molecule has 0 spiro atoms. The lowest BCUT2D eigenvalue weighted by atomic mass is 10.0. The number of hydrogen-bond donors (Lipinski definition) is 1. The summed E-state index contributed by atoms with van der Waals surface area (Å²) in [6, 6.07) is 5.32. The van der Waals surface area contributed by atoms with E-state index in [-0.39, 0.29) is 24.6 Å². The number of alkyl halides is 3. The molecule has 3 rings (SSSR count). The lowest BCUT2D eigenvalue weighted by Gasteiger charge is -2.24. The summed E-state index contributed by atoms with van der Waals surface area (Å²) in [5.74, 6) is -0.573. The summed E-state index contributed by atoms with van der Waals surface area (Å²) in [6.07, 6.45) is -5.19. The van der Waals surface area contributed by atoms with Crippen LogP contribution in [0.25, 0.3) is 0 Å². The van der Waals surface area contributed by atoms with Gasteiger partial charge in [0.15, 0.2) is 0 Å². The van der Waals surface area contributed by atoms with Crippen LogP contribution in [0, 0.1) is 0 Å². The SMILES string of the molecule is COc1cc(C(=O)N2C[C@H](O)C[C@H]2c2cccc(C(F)(F)F)c2)on1. The van der Waals surface area contributed by atoms with E-state index in [1.165, 1.54) is 30.2 Å². The number of methoxy groups -OCH3 is 1. The topological polar surface area (TPSA) is 75.8 Å². The maximum absolute atomic E-state index is 12.9. The maximum Gasteiger partial charge on any atom is 0.416 e. The van der Waals surface area contributed by atoms with E-state index in [1.54, 1.807) is 0 Å². The van der Waals surface area contributed by atoms with Gasteiger partial charge in [-0.3, -0.25) is 4.79 Å². The molecule has 1 aromatic heterocycles. The normalized spacial score (nSPS) is 20.8. The number of rotatable bonds is 3. The third-order valence-corrected chi connectivity index (χ3v) is 4.05. The maximum atomic E-state index is 12.9. The smallest absolute Gasteiger partial charge is 0.416 e. The molecule has 6 nitrogen and oxygen atoms in total. The van der Waals surface area contributed by atoms with Gasteiger partial charge in [-0.2, -0.15) is 13.2 Å². The quantitative estimate of drug-likeness (QED) is 0.915. The van der Waals surface area contributed by atoms with Gasteiger partial charge in [0.05, 0.1) is 30.9 Å². The van der Waals surface area contributed by atoms with Gasteiger partial charge in [0, 0.05) is 6.54 Å². The van der Waals surface area contributed by atoms with Crippen molar-refractivity contribution in [3.05, 3.63) is 47.2 Å². The van der Waals surface area contributed by atoms with Crippen LogP contribution in [0.2, 0.25) is 0 Å². The number of amides is 1. The third-order valence-electron chi connectivity index (χ3n) is 4.05. The largest absolute Gasteiger partial charge is 0.479 e. The zero-order valence-corrected chi connectivity index (χ0v) is 13.2. The molecule has 0 aliphatic carbocycles. The van der Waals surface area contributed by atoms with Crippen LogP contribution in [-0.2, 0) is 6.18 Å². The van der Waals surface area contributed by atoms with Gasteiger partial charge in [-0.05, 0) is 29.3 Å². The molecule has 1 aliphatic rings. The molecule has 2 atom stereocenters. The molecule has 0 radical (unpaired) electrons. The van der Waals surface area contributed by atoms with Gasteiger partial charge in [-0.15, -0.1) is 0 Å². The van der Waals surface area contributed by atoms with E-state index in [9.17, 15) is 23.1 Å². The van der Waals surface area contributed by atoms with Crippen LogP contribution < -0.4 is 4.74 Å². The number of ether oxygens (including phenoxy) is 1. The van der Waals surface area contributed by atoms with Gasteiger partial charge in [-0.25, -0.2) is 0 Å². The number of aliphatic hydroxyl groups is 1. The first kappa shape index (κ1) is 17.3. The average Bonchev–Trinajstić information content (AvgIpc) is 3.20. The minimum Gasteiger partial charge on any atom is -0.479 e. The Hall–Kier alpha value is -2.55. The van der Waals surface area contributed by atoms with Crippen molar-refractivity contribution in [1.29, 1.82) is 0 Å². The number of aromatic nitrogens is 1. The number of aliphatic hydroxyl groups excluding tert-OH is 1. The Morgan fingerprint density at radius 3 is 2.80 bits per heavy atom. The molecule has 1 aromatic carbocycles. The predicted molar refractivity (Wildman–Crippen MR) is 78.9 cm³/mol. The van der Waals surface area contributed by atoms with Crippen molar-refractivity contribution in [2.75, 3.05) is 13.7 Å². The minimum absolute atomic E-state index is 0.0111. The van der Waals surface area contributed by atoms with E-state index in [4.69, 9.17) is 9.26 Å². The zero-order chi connectivity index (χ0) is 18.2. The predicted octanol–water partition coefficient (Wildman–Crippen LogP) is 2.65. The molecule has 2 heterocycles. The fourth-order valence-corrected chi connectivity index (χ4v) is 2.87. The molecule has 0 bridgehead atoms. The summed E-state index contributed by atoms with van der Waals surface area (Å²) < 4.78 is 48.5. The first-order chi connectivity index (χ1) is 11.8. The Bertz CT molecular complexity index is 775. The van der Waals surface area contributed by atoms with Gasteiger partial charge < -0.3 is 19.3 Å². The molecule has 1 saturated heterocycles. The molecule has 9 heteroatoms. The van der Waals surface area contributed by atoms with Crippen LogP contribution in [0.15, 0.2) is 34.9 Å². The molecule has 1 amide bonds. The molecule has 1 aliphatic heterocycles. The van der Waals surface area contributed by atoms with Crippen LogP contribution in [0.5, 0.6) is 5.88 Å². The van der Waals surface area contributed by atoms with Crippen LogP contribution >= 0.6 is 0 Å². The Labute approximate surface area is 140 Å². The van der Waals surface area contributed by atoms with Crippen molar-refractivity contribution < 1.29 is 32.3 Å². The number of benzene rings is 1. The van der Waals surface area contributed by atoms with Crippen molar-refractivity contribution in [2.24, 2.45) is 0 Å². The number of likely N-dealkylation sites (tertiary alicyclic amines) is 1. The lowest BCUT2D eigenvalue weighted by molar-refractivity contribution is -0.137. The number of carbonyl (C=O) groups excluding carboxylic acids is 1. The van der Waals surface area contributed by atoms with Gasteiger partial charge in [0.1, 0.15) is 0 Å². The molecule has 0 saturated carbocycles. The molecule has 1 fully saturated rings. The van der Waals surface area contributed by atoms with Crippen LogP contribution in [0.3, 0.4) is 0 Å². The summed E-state index contributed by atoms with van der Waals surface area (Å²) in [4.78, 5) is 13.9.